The summed E-state index contributed by atoms with van der Waals surface area (Å²) in [5.74, 6) is 0.627. The number of methoxy groups -OCH3 is 1. The van der Waals surface area contributed by atoms with Gasteiger partial charge in [-0.3, -0.25) is 14.6 Å². The summed E-state index contributed by atoms with van der Waals surface area (Å²) in [7, 11) is 1.61. The Hall–Kier alpha value is -2.89. The Bertz CT molecular complexity index is 764. The smallest absolute Gasteiger partial charge is 0.256 e. The highest BCUT2D eigenvalue weighted by atomic mass is 16.5. The summed E-state index contributed by atoms with van der Waals surface area (Å²) in [5.41, 5.74) is 1.44. The van der Waals surface area contributed by atoms with E-state index in [0.29, 0.717) is 30.9 Å². The molecule has 1 aromatic carbocycles. The summed E-state index contributed by atoms with van der Waals surface area (Å²) in [5, 5.41) is 0. The Kier molecular flexibility index (Phi) is 4.97. The molecular formula is C19H21N3O3. The van der Waals surface area contributed by atoms with Gasteiger partial charge in [-0.2, -0.15) is 0 Å². The van der Waals surface area contributed by atoms with Gasteiger partial charge in [0.1, 0.15) is 5.75 Å². The highest BCUT2D eigenvalue weighted by Gasteiger charge is 2.34. The molecule has 130 valence electrons. The largest absolute Gasteiger partial charge is 0.496 e. The van der Waals surface area contributed by atoms with Gasteiger partial charge in [-0.25, -0.2) is 0 Å². The summed E-state index contributed by atoms with van der Waals surface area (Å²) < 4.78 is 5.47. The number of carbonyl (C=O) groups is 2. The molecule has 25 heavy (non-hydrogen) atoms. The maximum atomic E-state index is 13.0. The van der Waals surface area contributed by atoms with Crippen LogP contribution in [0.1, 0.15) is 28.9 Å². The van der Waals surface area contributed by atoms with E-state index in [9.17, 15) is 9.59 Å². The van der Waals surface area contributed by atoms with Gasteiger partial charge in [-0.05, 0) is 18.2 Å². The average molecular weight is 339 g/mol. The van der Waals surface area contributed by atoms with Crippen LogP contribution in [-0.2, 0) is 4.79 Å². The molecule has 0 bridgehead atoms. The third kappa shape index (κ3) is 3.47. The van der Waals surface area contributed by atoms with Crippen LogP contribution < -0.4 is 4.74 Å². The summed E-state index contributed by atoms with van der Waals surface area (Å²) in [4.78, 5) is 32.5. The van der Waals surface area contributed by atoms with Crippen molar-refractivity contribution in [1.29, 1.82) is 0 Å². The van der Waals surface area contributed by atoms with Gasteiger partial charge in [-0.15, -0.1) is 0 Å². The zero-order valence-electron chi connectivity index (χ0n) is 14.4. The normalized spacial score (nSPS) is 17.3. The minimum absolute atomic E-state index is 0.00775. The highest BCUT2D eigenvalue weighted by Crippen LogP contribution is 2.33. The van der Waals surface area contributed by atoms with Gasteiger partial charge in [0.25, 0.3) is 5.91 Å². The van der Waals surface area contributed by atoms with Crippen molar-refractivity contribution in [1.82, 2.24) is 14.8 Å². The Morgan fingerprint density at radius 3 is 2.64 bits per heavy atom. The molecule has 1 fully saturated rings. The Morgan fingerprint density at radius 1 is 1.16 bits per heavy atom. The molecule has 1 aliphatic heterocycles. The molecule has 1 atom stereocenters. The van der Waals surface area contributed by atoms with E-state index in [-0.39, 0.29) is 17.9 Å². The van der Waals surface area contributed by atoms with Gasteiger partial charge in [0.2, 0.25) is 5.91 Å². The van der Waals surface area contributed by atoms with Crippen molar-refractivity contribution in [2.45, 2.75) is 13.0 Å². The molecule has 1 unspecified atom stereocenters. The third-order valence-corrected chi connectivity index (χ3v) is 4.49. The Labute approximate surface area is 147 Å². The lowest BCUT2D eigenvalue weighted by Crippen LogP contribution is -2.52. The second kappa shape index (κ2) is 7.34. The predicted octanol–water partition coefficient (Wildman–Crippen LogP) is 2.14. The number of para-hydroxylation sites is 1. The molecule has 2 heterocycles. The number of hydrogen-bond donors (Lipinski definition) is 0. The SMILES string of the molecule is COc1ccccc1C1CN(C(C)=O)CCN1C(=O)c1cccnc1. The maximum Gasteiger partial charge on any atom is 0.256 e. The van der Waals surface area contributed by atoms with E-state index in [1.165, 1.54) is 0 Å². The first-order chi connectivity index (χ1) is 12.1. The molecular weight excluding hydrogens is 318 g/mol. The number of carbonyl (C=O) groups excluding carboxylic acids is 2. The number of benzene rings is 1. The fourth-order valence-electron chi connectivity index (χ4n) is 3.18. The van der Waals surface area contributed by atoms with E-state index in [0.717, 1.165) is 5.56 Å². The van der Waals surface area contributed by atoms with Gasteiger partial charge in [-0.1, -0.05) is 18.2 Å². The van der Waals surface area contributed by atoms with Crippen LogP contribution >= 0.6 is 0 Å². The van der Waals surface area contributed by atoms with Crippen LogP contribution in [0.3, 0.4) is 0 Å². The molecule has 0 spiro atoms. The molecule has 2 amide bonds. The summed E-state index contributed by atoms with van der Waals surface area (Å²) >= 11 is 0. The molecule has 1 aromatic heterocycles. The molecule has 3 rings (SSSR count). The number of ether oxygens (including phenoxy) is 1. The van der Waals surface area contributed by atoms with Crippen molar-refractivity contribution in [3.8, 4) is 5.75 Å². The van der Waals surface area contributed by atoms with E-state index in [1.54, 1.807) is 48.4 Å². The quantitative estimate of drug-likeness (QED) is 0.859. The molecule has 2 aromatic rings. The summed E-state index contributed by atoms with van der Waals surface area (Å²) in [6.45, 7) is 2.99. The topological polar surface area (TPSA) is 62.7 Å². The molecule has 0 N–H and O–H groups in total. The maximum absolute atomic E-state index is 13.0. The molecule has 1 saturated heterocycles. The lowest BCUT2D eigenvalue weighted by molar-refractivity contribution is -0.131. The van der Waals surface area contributed by atoms with Gasteiger partial charge in [0.15, 0.2) is 0 Å². The van der Waals surface area contributed by atoms with Crippen LogP contribution in [0.25, 0.3) is 0 Å². The van der Waals surface area contributed by atoms with Crippen LogP contribution in [0.4, 0.5) is 0 Å². The van der Waals surface area contributed by atoms with Gasteiger partial charge in [0.05, 0.1) is 18.7 Å². The first-order valence-electron chi connectivity index (χ1n) is 8.21. The molecule has 6 nitrogen and oxygen atoms in total. The second-order valence-electron chi connectivity index (χ2n) is 5.96. The van der Waals surface area contributed by atoms with Crippen molar-refractivity contribution in [2.75, 3.05) is 26.7 Å². The number of piperazine rings is 1. The van der Waals surface area contributed by atoms with Crippen LogP contribution in [-0.4, -0.2) is 53.3 Å². The van der Waals surface area contributed by atoms with Gasteiger partial charge < -0.3 is 14.5 Å². The Balaban J connectivity index is 1.98. The minimum atomic E-state index is -0.262. The fourth-order valence-corrected chi connectivity index (χ4v) is 3.18. The first kappa shape index (κ1) is 17.0. The van der Waals surface area contributed by atoms with Crippen molar-refractivity contribution in [2.24, 2.45) is 0 Å². The number of rotatable bonds is 3. The lowest BCUT2D eigenvalue weighted by atomic mass is 10.00. The second-order valence-corrected chi connectivity index (χ2v) is 5.96. The Morgan fingerprint density at radius 2 is 1.96 bits per heavy atom. The molecule has 0 aliphatic carbocycles. The van der Waals surface area contributed by atoms with Crippen LogP contribution in [0.5, 0.6) is 5.75 Å². The first-order valence-corrected chi connectivity index (χ1v) is 8.21. The average Bonchev–Trinajstić information content (AvgIpc) is 2.67. The van der Waals surface area contributed by atoms with Gasteiger partial charge in [0, 0.05) is 44.5 Å². The van der Waals surface area contributed by atoms with E-state index < -0.39 is 0 Å². The van der Waals surface area contributed by atoms with Crippen molar-refractivity contribution in [3.05, 3.63) is 59.9 Å². The molecule has 1 aliphatic rings. The number of hydrogen-bond acceptors (Lipinski definition) is 4. The molecule has 0 saturated carbocycles. The number of nitrogens with zero attached hydrogens (tertiary/aromatic N) is 3. The van der Waals surface area contributed by atoms with E-state index in [1.807, 2.05) is 24.3 Å². The predicted molar refractivity (Wildman–Crippen MR) is 93.3 cm³/mol. The number of aromatic nitrogens is 1. The fraction of sp³-hybridized carbons (Fsp3) is 0.316. The zero-order valence-corrected chi connectivity index (χ0v) is 14.4. The van der Waals surface area contributed by atoms with Crippen LogP contribution in [0.15, 0.2) is 48.8 Å². The van der Waals surface area contributed by atoms with E-state index in [4.69, 9.17) is 4.74 Å². The van der Waals surface area contributed by atoms with Crippen molar-refractivity contribution >= 4 is 11.8 Å². The molecule has 6 heteroatoms. The minimum Gasteiger partial charge on any atom is -0.496 e. The van der Waals surface area contributed by atoms with Crippen LogP contribution in [0, 0.1) is 0 Å². The summed E-state index contributed by atoms with van der Waals surface area (Å²) in [6, 6.07) is 10.9. The zero-order chi connectivity index (χ0) is 17.8. The standard InChI is InChI=1S/C19H21N3O3/c1-14(23)21-10-11-22(19(24)15-6-5-9-20-12-15)17(13-21)16-7-3-4-8-18(16)25-2/h3-9,12,17H,10-11,13H2,1-2H3. The summed E-state index contributed by atoms with van der Waals surface area (Å²) in [6.07, 6.45) is 3.21. The third-order valence-electron chi connectivity index (χ3n) is 4.49. The van der Waals surface area contributed by atoms with Crippen molar-refractivity contribution in [3.63, 3.8) is 0 Å². The van der Waals surface area contributed by atoms with Gasteiger partial charge >= 0.3 is 0 Å². The lowest BCUT2D eigenvalue weighted by Gasteiger charge is -2.41. The van der Waals surface area contributed by atoms with Crippen molar-refractivity contribution < 1.29 is 14.3 Å². The molecule has 0 radical (unpaired) electrons. The van der Waals surface area contributed by atoms with E-state index in [2.05, 4.69) is 4.98 Å². The number of amides is 2. The van der Waals surface area contributed by atoms with E-state index >= 15 is 0 Å². The van der Waals surface area contributed by atoms with Crippen LogP contribution in [0.2, 0.25) is 0 Å². The number of pyridine rings is 1. The monoisotopic (exact) mass is 339 g/mol. The highest BCUT2D eigenvalue weighted by molar-refractivity contribution is 5.94.